The molecule has 0 N–H and O–H groups in total. The van der Waals surface area contributed by atoms with Crippen LogP contribution in [0, 0.1) is 0 Å². The summed E-state index contributed by atoms with van der Waals surface area (Å²) in [5, 5.41) is 0. The number of carbonyl (C=O) groups excluding carboxylic acids is 1. The highest BCUT2D eigenvalue weighted by Crippen LogP contribution is 2.23. The van der Waals surface area contributed by atoms with Gasteiger partial charge in [-0.05, 0) is 26.3 Å². The topological polar surface area (TPSA) is 44.8 Å². The number of esters is 1. The van der Waals surface area contributed by atoms with E-state index in [1.165, 1.54) is 0 Å². The second-order valence-corrected chi connectivity index (χ2v) is 6.40. The predicted molar refractivity (Wildman–Crippen MR) is 79.8 cm³/mol. The predicted octanol–water partition coefficient (Wildman–Crippen LogP) is 3.09. The van der Waals surface area contributed by atoms with E-state index in [0.29, 0.717) is 26.1 Å². The van der Waals surface area contributed by atoms with Crippen molar-refractivity contribution < 1.29 is 19.0 Å². The van der Waals surface area contributed by atoms with Gasteiger partial charge in [-0.1, -0.05) is 30.3 Å². The van der Waals surface area contributed by atoms with Crippen LogP contribution in [0.25, 0.3) is 0 Å². The van der Waals surface area contributed by atoms with Crippen LogP contribution in [0.3, 0.4) is 0 Å². The van der Waals surface area contributed by atoms with Gasteiger partial charge in [-0.25, -0.2) is 0 Å². The summed E-state index contributed by atoms with van der Waals surface area (Å²) in [5.74, 6) is -0.205. The van der Waals surface area contributed by atoms with Crippen molar-refractivity contribution in [1.82, 2.24) is 0 Å². The molecule has 0 spiro atoms. The van der Waals surface area contributed by atoms with Gasteiger partial charge in [-0.15, -0.1) is 0 Å². The van der Waals surface area contributed by atoms with Gasteiger partial charge in [0, 0.05) is 6.42 Å². The Balaban J connectivity index is 1.78. The van der Waals surface area contributed by atoms with Crippen LogP contribution >= 0.6 is 0 Å². The molecule has 1 fully saturated rings. The second-order valence-electron chi connectivity index (χ2n) is 6.40. The fraction of sp³-hybridized carbons (Fsp3) is 0.588. The summed E-state index contributed by atoms with van der Waals surface area (Å²) in [4.78, 5) is 11.6. The van der Waals surface area contributed by atoms with Crippen molar-refractivity contribution in [2.24, 2.45) is 0 Å². The SMILES string of the molecule is CC(C)(C)O[C@@H]1CC(=O)O[C@H](COCc2ccccc2)C1. The maximum Gasteiger partial charge on any atom is 0.308 e. The van der Waals surface area contributed by atoms with Gasteiger partial charge in [0.1, 0.15) is 6.10 Å². The monoisotopic (exact) mass is 292 g/mol. The first-order chi connectivity index (χ1) is 9.92. The zero-order valence-corrected chi connectivity index (χ0v) is 13.0. The molecular formula is C17H24O4. The Morgan fingerprint density at radius 2 is 1.95 bits per heavy atom. The van der Waals surface area contributed by atoms with E-state index in [4.69, 9.17) is 14.2 Å². The van der Waals surface area contributed by atoms with E-state index in [9.17, 15) is 4.79 Å². The van der Waals surface area contributed by atoms with E-state index in [1.807, 2.05) is 51.1 Å². The average Bonchev–Trinajstić information content (AvgIpc) is 2.37. The lowest BCUT2D eigenvalue weighted by molar-refractivity contribution is -0.175. The molecule has 2 rings (SSSR count). The van der Waals surface area contributed by atoms with E-state index in [1.54, 1.807) is 0 Å². The quantitative estimate of drug-likeness (QED) is 0.782. The number of carbonyl (C=O) groups is 1. The second kappa shape index (κ2) is 7.05. The van der Waals surface area contributed by atoms with Crippen molar-refractivity contribution in [3.05, 3.63) is 35.9 Å². The van der Waals surface area contributed by atoms with Gasteiger partial charge in [0.15, 0.2) is 0 Å². The smallest absolute Gasteiger partial charge is 0.308 e. The molecule has 0 radical (unpaired) electrons. The highest BCUT2D eigenvalue weighted by atomic mass is 16.6. The molecule has 116 valence electrons. The molecule has 0 saturated carbocycles. The third kappa shape index (κ3) is 5.86. The molecule has 2 atom stereocenters. The fourth-order valence-corrected chi connectivity index (χ4v) is 2.42. The first-order valence-electron chi connectivity index (χ1n) is 7.41. The lowest BCUT2D eigenvalue weighted by Gasteiger charge is -2.33. The molecule has 1 aliphatic rings. The molecule has 1 saturated heterocycles. The van der Waals surface area contributed by atoms with E-state index in [2.05, 4.69) is 0 Å². The Labute approximate surface area is 126 Å². The normalized spacial score (nSPS) is 22.9. The van der Waals surface area contributed by atoms with Gasteiger partial charge >= 0.3 is 5.97 Å². The van der Waals surface area contributed by atoms with Gasteiger partial charge in [0.05, 0.1) is 31.3 Å². The first-order valence-corrected chi connectivity index (χ1v) is 7.41. The maximum absolute atomic E-state index is 11.6. The third-order valence-corrected chi connectivity index (χ3v) is 3.15. The molecule has 1 aromatic rings. The Hall–Kier alpha value is -1.39. The molecule has 0 aliphatic carbocycles. The number of benzene rings is 1. The minimum atomic E-state index is -0.252. The van der Waals surface area contributed by atoms with Gasteiger partial charge < -0.3 is 14.2 Å². The third-order valence-electron chi connectivity index (χ3n) is 3.15. The summed E-state index contributed by atoms with van der Waals surface area (Å²) < 4.78 is 16.9. The lowest BCUT2D eigenvalue weighted by Crippen LogP contribution is -2.40. The van der Waals surface area contributed by atoms with Gasteiger partial charge in [0.25, 0.3) is 0 Å². The molecule has 0 bridgehead atoms. The molecule has 1 heterocycles. The van der Waals surface area contributed by atoms with E-state index in [-0.39, 0.29) is 23.8 Å². The highest BCUT2D eigenvalue weighted by Gasteiger charge is 2.31. The Morgan fingerprint density at radius 1 is 1.24 bits per heavy atom. The summed E-state index contributed by atoms with van der Waals surface area (Å²) in [5.41, 5.74) is 0.861. The number of hydrogen-bond acceptors (Lipinski definition) is 4. The van der Waals surface area contributed by atoms with Crippen LogP contribution in [-0.2, 0) is 25.6 Å². The summed E-state index contributed by atoms with van der Waals surface area (Å²) in [6, 6.07) is 9.96. The molecular weight excluding hydrogens is 268 g/mol. The Kier molecular flexibility index (Phi) is 5.37. The van der Waals surface area contributed by atoms with E-state index >= 15 is 0 Å². The van der Waals surface area contributed by atoms with Crippen LogP contribution in [0.2, 0.25) is 0 Å². The largest absolute Gasteiger partial charge is 0.460 e. The molecule has 0 amide bonds. The summed E-state index contributed by atoms with van der Waals surface area (Å²) >= 11 is 0. The van der Waals surface area contributed by atoms with Crippen molar-refractivity contribution in [2.75, 3.05) is 6.61 Å². The van der Waals surface area contributed by atoms with Crippen molar-refractivity contribution in [3.8, 4) is 0 Å². The standard InChI is InChI=1S/C17H24O4/c1-17(2,3)21-14-9-15(20-16(18)10-14)12-19-11-13-7-5-4-6-8-13/h4-8,14-15H,9-12H2,1-3H3/t14-,15-/m0/s1. The van der Waals surface area contributed by atoms with E-state index < -0.39 is 0 Å². The fourth-order valence-electron chi connectivity index (χ4n) is 2.42. The minimum Gasteiger partial charge on any atom is -0.460 e. The van der Waals surface area contributed by atoms with Gasteiger partial charge in [0.2, 0.25) is 0 Å². The van der Waals surface area contributed by atoms with Crippen molar-refractivity contribution >= 4 is 5.97 Å². The molecule has 1 aromatic carbocycles. The first kappa shape index (κ1) is 16.0. The van der Waals surface area contributed by atoms with Crippen molar-refractivity contribution in [1.29, 1.82) is 0 Å². The zero-order valence-electron chi connectivity index (χ0n) is 13.0. The molecule has 0 aromatic heterocycles. The van der Waals surface area contributed by atoms with Gasteiger partial charge in [-0.3, -0.25) is 4.79 Å². The summed E-state index contributed by atoms with van der Waals surface area (Å²) in [6.45, 7) is 6.92. The Morgan fingerprint density at radius 3 is 2.62 bits per heavy atom. The van der Waals surface area contributed by atoms with Crippen LogP contribution in [0.4, 0.5) is 0 Å². The number of cyclic esters (lactones) is 1. The van der Waals surface area contributed by atoms with Crippen LogP contribution in [-0.4, -0.2) is 30.4 Å². The number of hydrogen-bond donors (Lipinski definition) is 0. The van der Waals surface area contributed by atoms with Crippen molar-refractivity contribution in [3.63, 3.8) is 0 Å². The van der Waals surface area contributed by atoms with E-state index in [0.717, 1.165) is 5.56 Å². The molecule has 0 unspecified atom stereocenters. The molecule has 21 heavy (non-hydrogen) atoms. The minimum absolute atomic E-state index is 0.0865. The molecule has 4 heteroatoms. The number of ether oxygens (including phenoxy) is 3. The van der Waals surface area contributed by atoms with Crippen LogP contribution < -0.4 is 0 Å². The average molecular weight is 292 g/mol. The lowest BCUT2D eigenvalue weighted by atomic mass is 10.0. The molecule has 4 nitrogen and oxygen atoms in total. The van der Waals surface area contributed by atoms with Crippen LogP contribution in [0.5, 0.6) is 0 Å². The van der Waals surface area contributed by atoms with Crippen molar-refractivity contribution in [2.45, 2.75) is 58.0 Å². The van der Waals surface area contributed by atoms with Crippen LogP contribution in [0.1, 0.15) is 39.2 Å². The number of rotatable bonds is 5. The molecule has 1 aliphatic heterocycles. The maximum atomic E-state index is 11.6. The van der Waals surface area contributed by atoms with Gasteiger partial charge in [-0.2, -0.15) is 0 Å². The summed E-state index contributed by atoms with van der Waals surface area (Å²) in [6.07, 6.45) is 0.712. The Bertz CT molecular complexity index is 450. The summed E-state index contributed by atoms with van der Waals surface area (Å²) in [7, 11) is 0. The zero-order chi connectivity index (χ0) is 15.3. The highest BCUT2D eigenvalue weighted by molar-refractivity contribution is 5.71. The van der Waals surface area contributed by atoms with Crippen LogP contribution in [0.15, 0.2) is 30.3 Å².